The Kier molecular flexibility index (Phi) is 8.79. The topological polar surface area (TPSA) is 36.4 Å². The van der Waals surface area contributed by atoms with Crippen LogP contribution in [0.1, 0.15) is 24.6 Å². The van der Waals surface area contributed by atoms with Crippen LogP contribution < -0.4 is 10.6 Å². The van der Waals surface area contributed by atoms with Gasteiger partial charge in [-0.3, -0.25) is 4.99 Å². The highest BCUT2D eigenvalue weighted by atomic mass is 127. The first-order valence-electron chi connectivity index (χ1n) is 6.72. The lowest BCUT2D eigenvalue weighted by Crippen LogP contribution is -2.42. The Balaban J connectivity index is 0.00000200. The maximum absolute atomic E-state index is 4.64. The molecule has 0 aromatic carbocycles. The minimum absolute atomic E-state index is 0. The Morgan fingerprint density at radius 2 is 2.15 bits per heavy atom. The molecule has 0 atom stereocenters. The van der Waals surface area contributed by atoms with Crippen LogP contribution in [0.15, 0.2) is 33.1 Å². The van der Waals surface area contributed by atoms with E-state index < -0.39 is 0 Å². The number of rotatable bonds is 5. The van der Waals surface area contributed by atoms with Crippen LogP contribution in [-0.2, 0) is 6.42 Å². The van der Waals surface area contributed by atoms with Crippen molar-refractivity contribution in [3.8, 4) is 0 Å². The average molecular weight is 470 g/mol. The monoisotopic (exact) mass is 469 g/mol. The van der Waals surface area contributed by atoms with Gasteiger partial charge in [-0.2, -0.15) is 0 Å². The van der Waals surface area contributed by atoms with Gasteiger partial charge in [-0.1, -0.05) is 12.2 Å². The van der Waals surface area contributed by atoms with Crippen LogP contribution in [0, 0.1) is 0 Å². The maximum Gasteiger partial charge on any atom is 0.191 e. The van der Waals surface area contributed by atoms with Gasteiger partial charge in [0, 0.05) is 30.4 Å². The zero-order valence-electron chi connectivity index (χ0n) is 11.6. The number of aliphatic imine (C=N–C) groups is 1. The van der Waals surface area contributed by atoms with E-state index >= 15 is 0 Å². The largest absolute Gasteiger partial charge is 0.357 e. The molecule has 112 valence electrons. The fourth-order valence-corrected chi connectivity index (χ4v) is 3.48. The number of hydrogen-bond donors (Lipinski definition) is 2. The summed E-state index contributed by atoms with van der Waals surface area (Å²) in [5.74, 6) is 0.937. The molecule has 0 bridgehead atoms. The second-order valence-corrected chi connectivity index (χ2v) is 7.05. The number of thiophene rings is 1. The number of halogens is 2. The van der Waals surface area contributed by atoms with Crippen molar-refractivity contribution >= 4 is 57.2 Å². The molecule has 3 nitrogen and oxygen atoms in total. The lowest BCUT2D eigenvalue weighted by molar-refractivity contribution is 0.633. The van der Waals surface area contributed by atoms with Crippen molar-refractivity contribution in [2.24, 2.45) is 4.99 Å². The van der Waals surface area contributed by atoms with Crippen LogP contribution in [0.3, 0.4) is 0 Å². The van der Waals surface area contributed by atoms with E-state index in [4.69, 9.17) is 0 Å². The first-order valence-corrected chi connectivity index (χ1v) is 8.33. The van der Waals surface area contributed by atoms with Crippen LogP contribution in [0.25, 0.3) is 0 Å². The SMILES string of the molecule is CCNC(=NCCc1ccc(Br)s1)NC1CC=CC1.I. The van der Waals surface area contributed by atoms with Crippen molar-refractivity contribution in [3.05, 3.63) is 32.9 Å². The predicted molar refractivity (Wildman–Crippen MR) is 102 cm³/mol. The third kappa shape index (κ3) is 6.13. The van der Waals surface area contributed by atoms with E-state index in [1.807, 2.05) is 0 Å². The molecule has 2 rings (SSSR count). The van der Waals surface area contributed by atoms with Gasteiger partial charge in [-0.15, -0.1) is 35.3 Å². The Morgan fingerprint density at radius 3 is 2.75 bits per heavy atom. The van der Waals surface area contributed by atoms with Crippen LogP contribution >= 0.6 is 51.2 Å². The second kappa shape index (κ2) is 9.78. The van der Waals surface area contributed by atoms with Gasteiger partial charge in [0.25, 0.3) is 0 Å². The first-order chi connectivity index (χ1) is 9.28. The molecule has 1 aliphatic rings. The number of nitrogens with zero attached hydrogens (tertiary/aromatic N) is 1. The number of nitrogens with one attached hydrogen (secondary N) is 2. The Bertz CT molecular complexity index is 451. The van der Waals surface area contributed by atoms with Crippen molar-refractivity contribution in [3.63, 3.8) is 0 Å². The molecule has 0 spiro atoms. The zero-order chi connectivity index (χ0) is 13.5. The molecule has 0 aliphatic heterocycles. The Morgan fingerprint density at radius 1 is 1.40 bits per heavy atom. The highest BCUT2D eigenvalue weighted by Crippen LogP contribution is 2.22. The molecule has 20 heavy (non-hydrogen) atoms. The van der Waals surface area contributed by atoms with Crippen LogP contribution in [0.5, 0.6) is 0 Å². The molecule has 1 aromatic heterocycles. The van der Waals surface area contributed by atoms with Gasteiger partial charge in [-0.25, -0.2) is 0 Å². The lowest BCUT2D eigenvalue weighted by atomic mass is 10.2. The molecular weight excluding hydrogens is 449 g/mol. The predicted octanol–water partition coefficient (Wildman–Crippen LogP) is 3.94. The number of hydrogen-bond acceptors (Lipinski definition) is 2. The first kappa shape index (κ1) is 18.0. The highest BCUT2D eigenvalue weighted by Gasteiger charge is 2.11. The summed E-state index contributed by atoms with van der Waals surface area (Å²) in [6, 6.07) is 4.76. The lowest BCUT2D eigenvalue weighted by Gasteiger charge is -2.16. The van der Waals surface area contributed by atoms with Crippen molar-refractivity contribution in [1.29, 1.82) is 0 Å². The molecule has 0 unspecified atom stereocenters. The summed E-state index contributed by atoms with van der Waals surface area (Å²) < 4.78 is 1.19. The quantitative estimate of drug-likeness (QED) is 0.296. The molecule has 0 fully saturated rings. The molecule has 1 aromatic rings. The van der Waals surface area contributed by atoms with Crippen molar-refractivity contribution in [2.45, 2.75) is 32.2 Å². The van der Waals surface area contributed by atoms with Gasteiger partial charge in [0.2, 0.25) is 0 Å². The average Bonchev–Trinajstić information content (AvgIpc) is 3.01. The van der Waals surface area contributed by atoms with E-state index in [2.05, 4.69) is 62.8 Å². The maximum atomic E-state index is 4.64. The Labute approximate surface area is 150 Å². The molecule has 1 aliphatic carbocycles. The van der Waals surface area contributed by atoms with Gasteiger partial charge in [0.05, 0.1) is 3.79 Å². The van der Waals surface area contributed by atoms with Crippen molar-refractivity contribution < 1.29 is 0 Å². The summed E-state index contributed by atoms with van der Waals surface area (Å²) in [5.41, 5.74) is 0. The van der Waals surface area contributed by atoms with Crippen molar-refractivity contribution in [2.75, 3.05) is 13.1 Å². The van der Waals surface area contributed by atoms with E-state index in [-0.39, 0.29) is 24.0 Å². The third-order valence-corrected chi connectivity index (χ3v) is 4.63. The fourth-order valence-electron chi connectivity index (χ4n) is 2.01. The van der Waals surface area contributed by atoms with E-state index in [0.29, 0.717) is 6.04 Å². The molecule has 6 heteroatoms. The summed E-state index contributed by atoms with van der Waals surface area (Å²) in [7, 11) is 0. The molecular formula is C14H21BrIN3S. The van der Waals surface area contributed by atoms with Crippen LogP contribution in [0.2, 0.25) is 0 Å². The molecule has 1 heterocycles. The van der Waals surface area contributed by atoms with E-state index in [9.17, 15) is 0 Å². The van der Waals surface area contributed by atoms with E-state index in [1.54, 1.807) is 11.3 Å². The molecule has 0 radical (unpaired) electrons. The summed E-state index contributed by atoms with van der Waals surface area (Å²) in [5, 5.41) is 6.79. The molecule has 2 N–H and O–H groups in total. The highest BCUT2D eigenvalue weighted by molar-refractivity contribution is 14.0. The third-order valence-electron chi connectivity index (χ3n) is 2.95. The summed E-state index contributed by atoms with van der Waals surface area (Å²) in [4.78, 5) is 6.01. The molecule has 0 saturated carbocycles. The fraction of sp³-hybridized carbons (Fsp3) is 0.500. The van der Waals surface area contributed by atoms with Gasteiger partial charge >= 0.3 is 0 Å². The van der Waals surface area contributed by atoms with Gasteiger partial charge in [0.1, 0.15) is 0 Å². The smallest absolute Gasteiger partial charge is 0.191 e. The van der Waals surface area contributed by atoms with Gasteiger partial charge in [-0.05, 0) is 47.8 Å². The van der Waals surface area contributed by atoms with Gasteiger partial charge < -0.3 is 10.6 Å². The summed E-state index contributed by atoms with van der Waals surface area (Å²) >= 11 is 5.27. The van der Waals surface area contributed by atoms with Gasteiger partial charge in [0.15, 0.2) is 5.96 Å². The van der Waals surface area contributed by atoms with Crippen molar-refractivity contribution in [1.82, 2.24) is 10.6 Å². The molecule has 0 saturated heterocycles. The molecule has 0 amide bonds. The summed E-state index contributed by atoms with van der Waals surface area (Å²) in [6.07, 6.45) is 7.65. The minimum Gasteiger partial charge on any atom is -0.357 e. The normalized spacial score (nSPS) is 15.2. The minimum atomic E-state index is 0. The summed E-state index contributed by atoms with van der Waals surface area (Å²) in [6.45, 7) is 3.82. The van der Waals surface area contributed by atoms with Crippen LogP contribution in [-0.4, -0.2) is 25.1 Å². The Hall–Kier alpha value is -0.0800. The number of guanidine groups is 1. The van der Waals surface area contributed by atoms with E-state index in [1.165, 1.54) is 8.66 Å². The second-order valence-electron chi connectivity index (χ2n) is 4.50. The zero-order valence-corrected chi connectivity index (χ0v) is 16.3. The van der Waals surface area contributed by atoms with Crippen LogP contribution in [0.4, 0.5) is 0 Å². The van der Waals surface area contributed by atoms with E-state index in [0.717, 1.165) is 38.3 Å². The standard InChI is InChI=1S/C14H20BrN3S.HI/c1-2-16-14(18-11-5-3-4-6-11)17-10-9-12-7-8-13(15)19-12;/h3-4,7-8,11H,2,5-6,9-10H2,1H3,(H2,16,17,18);1H.